The minimum atomic E-state index is -0.0285. The molecular formula is C11H12N3O2+. The summed E-state index contributed by atoms with van der Waals surface area (Å²) in [6.45, 7) is 0. The molecule has 0 aromatic carbocycles. The van der Waals surface area contributed by atoms with E-state index in [9.17, 15) is 4.79 Å². The van der Waals surface area contributed by atoms with Gasteiger partial charge in [0.05, 0.1) is 0 Å². The average molecular weight is 218 g/mol. The van der Waals surface area contributed by atoms with E-state index in [0.717, 1.165) is 16.6 Å². The maximum absolute atomic E-state index is 11.4. The lowest BCUT2D eigenvalue weighted by molar-refractivity contribution is -0.377. The first-order valence-corrected chi connectivity index (χ1v) is 4.80. The number of aromatic amines is 1. The summed E-state index contributed by atoms with van der Waals surface area (Å²) in [6, 6.07) is 5.23. The predicted octanol–water partition coefficient (Wildman–Crippen LogP) is 0.333. The van der Waals surface area contributed by atoms with Gasteiger partial charge in [0, 0.05) is 24.6 Å². The molecule has 2 aromatic rings. The zero-order chi connectivity index (χ0) is 11.5. The predicted molar refractivity (Wildman–Crippen MR) is 60.3 cm³/mol. The first kappa shape index (κ1) is 10.4. The lowest BCUT2D eigenvalue weighted by Crippen LogP contribution is -2.18. The number of H-pyrrole nitrogens is 1. The van der Waals surface area contributed by atoms with Gasteiger partial charge in [-0.2, -0.15) is 0 Å². The van der Waals surface area contributed by atoms with E-state index in [1.165, 1.54) is 7.11 Å². The van der Waals surface area contributed by atoms with Crippen LogP contribution in [-0.4, -0.2) is 17.9 Å². The number of oxime groups is 1. The highest BCUT2D eigenvalue weighted by Crippen LogP contribution is 2.07. The van der Waals surface area contributed by atoms with Crippen molar-refractivity contribution in [1.82, 2.24) is 4.57 Å². The fourth-order valence-electron chi connectivity index (χ4n) is 1.52. The summed E-state index contributed by atoms with van der Waals surface area (Å²) in [5, 5.41) is 4.63. The summed E-state index contributed by atoms with van der Waals surface area (Å²) >= 11 is 0. The Bertz CT molecular complexity index is 602. The van der Waals surface area contributed by atoms with Gasteiger partial charge in [-0.1, -0.05) is 5.16 Å². The topological polar surface area (TPSA) is 57.7 Å². The SMILES string of the molecule is CO/N=C\c1cc2ccc(=O)n(C)c2c[nH+]1. The normalized spacial score (nSPS) is 11.1. The molecule has 0 amide bonds. The molecular weight excluding hydrogens is 206 g/mol. The number of aryl methyl sites for hydroxylation is 1. The molecule has 2 heterocycles. The number of nitrogens with zero attached hydrogens (tertiary/aromatic N) is 2. The van der Waals surface area contributed by atoms with Crippen molar-refractivity contribution in [2.24, 2.45) is 12.2 Å². The standard InChI is InChI=1S/C11H11N3O2/c1-14-10-7-12-9(6-13-16-2)5-8(10)3-4-11(14)15/h3-7H,1-2H3/p+1/b13-6-. The molecule has 0 atom stereocenters. The van der Waals surface area contributed by atoms with E-state index in [2.05, 4.69) is 15.0 Å². The zero-order valence-electron chi connectivity index (χ0n) is 9.10. The summed E-state index contributed by atoms with van der Waals surface area (Å²) < 4.78 is 1.59. The van der Waals surface area contributed by atoms with Crippen LogP contribution in [0.5, 0.6) is 0 Å². The molecule has 0 unspecified atom stereocenters. The van der Waals surface area contributed by atoms with Crippen molar-refractivity contribution in [1.29, 1.82) is 0 Å². The quantitative estimate of drug-likeness (QED) is 0.539. The molecule has 0 saturated heterocycles. The highest BCUT2D eigenvalue weighted by Gasteiger charge is 2.05. The molecule has 5 nitrogen and oxygen atoms in total. The van der Waals surface area contributed by atoms with Crippen LogP contribution < -0.4 is 10.5 Å². The third-order valence-electron chi connectivity index (χ3n) is 2.38. The average Bonchev–Trinajstić information content (AvgIpc) is 2.31. The molecule has 2 rings (SSSR count). The van der Waals surface area contributed by atoms with Gasteiger partial charge in [-0.3, -0.25) is 4.79 Å². The first-order valence-electron chi connectivity index (χ1n) is 4.80. The van der Waals surface area contributed by atoms with Crippen LogP contribution >= 0.6 is 0 Å². The fraction of sp³-hybridized carbons (Fsp3) is 0.182. The molecule has 5 heteroatoms. The fourth-order valence-corrected chi connectivity index (χ4v) is 1.52. The van der Waals surface area contributed by atoms with Gasteiger partial charge in [0.25, 0.3) is 5.56 Å². The van der Waals surface area contributed by atoms with Gasteiger partial charge >= 0.3 is 0 Å². The van der Waals surface area contributed by atoms with Gasteiger partial charge in [-0.05, 0) is 6.07 Å². The number of fused-ring (bicyclic) bond motifs is 1. The number of rotatable bonds is 2. The van der Waals surface area contributed by atoms with Crippen molar-refractivity contribution < 1.29 is 9.82 Å². The smallest absolute Gasteiger partial charge is 0.250 e. The van der Waals surface area contributed by atoms with E-state index >= 15 is 0 Å². The molecule has 0 bridgehead atoms. The zero-order valence-corrected chi connectivity index (χ0v) is 9.10. The summed E-state index contributed by atoms with van der Waals surface area (Å²) in [4.78, 5) is 19.0. The van der Waals surface area contributed by atoms with Crippen LogP contribution in [-0.2, 0) is 11.9 Å². The first-order chi connectivity index (χ1) is 7.72. The van der Waals surface area contributed by atoms with Gasteiger partial charge < -0.3 is 9.40 Å². The van der Waals surface area contributed by atoms with E-state index in [0.29, 0.717) is 0 Å². The number of hydrogen-bond donors (Lipinski definition) is 0. The lowest BCUT2D eigenvalue weighted by atomic mass is 10.2. The van der Waals surface area contributed by atoms with E-state index in [1.807, 2.05) is 6.07 Å². The molecule has 0 aliphatic carbocycles. The van der Waals surface area contributed by atoms with Crippen molar-refractivity contribution in [2.45, 2.75) is 0 Å². The Morgan fingerprint density at radius 3 is 3.06 bits per heavy atom. The summed E-state index contributed by atoms with van der Waals surface area (Å²) in [5.74, 6) is 0. The number of aromatic nitrogens is 2. The summed E-state index contributed by atoms with van der Waals surface area (Å²) in [6.07, 6.45) is 3.35. The molecule has 0 spiro atoms. The number of hydrogen-bond acceptors (Lipinski definition) is 3. The maximum Gasteiger partial charge on any atom is 0.250 e. The molecule has 0 saturated carbocycles. The van der Waals surface area contributed by atoms with Crippen molar-refractivity contribution in [3.63, 3.8) is 0 Å². The molecule has 0 aliphatic rings. The van der Waals surface area contributed by atoms with Crippen molar-refractivity contribution in [2.75, 3.05) is 7.11 Å². The minimum Gasteiger partial charge on any atom is -0.399 e. The molecule has 1 N–H and O–H groups in total. The van der Waals surface area contributed by atoms with Gasteiger partial charge in [0.2, 0.25) is 5.69 Å². The molecule has 16 heavy (non-hydrogen) atoms. The minimum absolute atomic E-state index is 0.0285. The van der Waals surface area contributed by atoms with Crippen LogP contribution in [0.3, 0.4) is 0 Å². The maximum atomic E-state index is 11.4. The number of pyridine rings is 2. The van der Waals surface area contributed by atoms with Gasteiger partial charge in [0.15, 0.2) is 6.20 Å². The highest BCUT2D eigenvalue weighted by molar-refractivity contribution is 5.84. The van der Waals surface area contributed by atoms with Crippen LogP contribution in [0.4, 0.5) is 0 Å². The Labute approximate surface area is 92.0 Å². The van der Waals surface area contributed by atoms with Crippen LogP contribution in [0.2, 0.25) is 0 Å². The second-order valence-electron chi connectivity index (χ2n) is 3.38. The number of nitrogens with one attached hydrogen (secondary N) is 1. The van der Waals surface area contributed by atoms with E-state index < -0.39 is 0 Å². The van der Waals surface area contributed by atoms with Crippen molar-refractivity contribution >= 4 is 17.1 Å². The van der Waals surface area contributed by atoms with Gasteiger partial charge in [-0.15, -0.1) is 0 Å². The van der Waals surface area contributed by atoms with Crippen LogP contribution in [0, 0.1) is 0 Å². The van der Waals surface area contributed by atoms with E-state index in [-0.39, 0.29) is 5.56 Å². The summed E-state index contributed by atoms with van der Waals surface area (Å²) in [7, 11) is 3.22. The Kier molecular flexibility index (Phi) is 2.68. The largest absolute Gasteiger partial charge is 0.399 e. The third-order valence-corrected chi connectivity index (χ3v) is 2.38. The van der Waals surface area contributed by atoms with E-state index in [1.54, 1.807) is 36.2 Å². The molecule has 0 aliphatic heterocycles. The van der Waals surface area contributed by atoms with Crippen LogP contribution in [0.15, 0.2) is 34.3 Å². The highest BCUT2D eigenvalue weighted by atomic mass is 16.6. The molecule has 2 aromatic heterocycles. The van der Waals surface area contributed by atoms with E-state index in [4.69, 9.17) is 0 Å². The van der Waals surface area contributed by atoms with Gasteiger partial charge in [-0.25, -0.2) is 4.98 Å². The van der Waals surface area contributed by atoms with Gasteiger partial charge in [0.1, 0.15) is 18.8 Å². The Balaban J connectivity index is 2.60. The Morgan fingerprint density at radius 2 is 2.31 bits per heavy atom. The van der Waals surface area contributed by atoms with Crippen LogP contribution in [0.1, 0.15) is 5.69 Å². The molecule has 82 valence electrons. The Morgan fingerprint density at radius 1 is 1.50 bits per heavy atom. The van der Waals surface area contributed by atoms with Crippen molar-refractivity contribution in [3.05, 3.63) is 40.4 Å². The molecule has 0 radical (unpaired) electrons. The second-order valence-corrected chi connectivity index (χ2v) is 3.38. The summed E-state index contributed by atoms with van der Waals surface area (Å²) in [5.41, 5.74) is 1.63. The lowest BCUT2D eigenvalue weighted by Gasteiger charge is -2.00. The third kappa shape index (κ3) is 1.79. The second kappa shape index (κ2) is 4.14. The van der Waals surface area contributed by atoms with Crippen LogP contribution in [0.25, 0.3) is 10.9 Å². The Hall–Kier alpha value is -2.17. The monoisotopic (exact) mass is 218 g/mol. The van der Waals surface area contributed by atoms with Crippen molar-refractivity contribution in [3.8, 4) is 0 Å². The molecule has 0 fully saturated rings.